The molecule has 0 bridgehead atoms. The summed E-state index contributed by atoms with van der Waals surface area (Å²) in [6.07, 6.45) is 6.65. The van der Waals surface area contributed by atoms with Crippen LogP contribution in [-0.4, -0.2) is 64.4 Å². The first-order valence-corrected chi connectivity index (χ1v) is 10.2. The molecule has 7 nitrogen and oxygen atoms in total. The number of guanidine groups is 1. The number of nitrogens with one attached hydrogen (secondary N) is 2. The van der Waals surface area contributed by atoms with Gasteiger partial charge in [0.2, 0.25) is 5.75 Å². The van der Waals surface area contributed by atoms with Gasteiger partial charge >= 0.3 is 0 Å². The van der Waals surface area contributed by atoms with Crippen molar-refractivity contribution < 1.29 is 14.2 Å². The molecule has 0 amide bonds. The molecule has 1 aromatic rings. The van der Waals surface area contributed by atoms with Crippen LogP contribution < -0.4 is 24.8 Å². The maximum absolute atomic E-state index is 5.57. The Hall–Kier alpha value is -1.42. The summed E-state index contributed by atoms with van der Waals surface area (Å²) in [7, 11) is 6.70. The van der Waals surface area contributed by atoms with E-state index >= 15 is 0 Å². The lowest BCUT2D eigenvalue weighted by molar-refractivity contribution is 0.242. The van der Waals surface area contributed by atoms with Crippen LogP contribution in [0.2, 0.25) is 0 Å². The molecule has 0 radical (unpaired) electrons. The number of hydrogen-bond donors (Lipinski definition) is 2. The van der Waals surface area contributed by atoms with Crippen LogP contribution in [0.25, 0.3) is 0 Å². The van der Waals surface area contributed by atoms with Gasteiger partial charge in [-0.15, -0.1) is 24.0 Å². The molecule has 2 fully saturated rings. The maximum atomic E-state index is 5.57. The fourth-order valence-electron chi connectivity index (χ4n) is 4.38. The highest BCUT2D eigenvalue weighted by Gasteiger charge is 2.30. The van der Waals surface area contributed by atoms with Crippen LogP contribution in [0.3, 0.4) is 0 Å². The van der Waals surface area contributed by atoms with E-state index in [2.05, 4.69) is 20.5 Å². The second-order valence-corrected chi connectivity index (χ2v) is 7.48. The van der Waals surface area contributed by atoms with Gasteiger partial charge in [-0.25, -0.2) is 0 Å². The topological polar surface area (TPSA) is 67.4 Å². The fourth-order valence-corrected chi connectivity index (χ4v) is 4.38. The second-order valence-electron chi connectivity index (χ2n) is 7.48. The molecule has 1 heterocycles. The van der Waals surface area contributed by atoms with Gasteiger partial charge in [-0.1, -0.05) is 12.8 Å². The Kier molecular flexibility index (Phi) is 9.61. The van der Waals surface area contributed by atoms with Crippen LogP contribution in [-0.2, 0) is 6.54 Å². The molecule has 0 aromatic heterocycles. The lowest BCUT2D eigenvalue weighted by Gasteiger charge is -2.24. The molecular formula is C21H35IN4O3. The van der Waals surface area contributed by atoms with Gasteiger partial charge in [-0.3, -0.25) is 9.89 Å². The smallest absolute Gasteiger partial charge is 0.203 e. The molecule has 1 saturated heterocycles. The standard InChI is InChI=1S/C21H34N4O3.HI/c1-22-21(24-16-11-12-25(14-16)17-7-5-6-8-17)23-13-15-9-10-18(26-2)20(28-4)19(15)27-3;/h9-10,16-17H,5-8,11-14H2,1-4H3,(H2,22,23,24);1H. The number of aliphatic imine (C=N–C) groups is 1. The number of halogens is 1. The van der Waals surface area contributed by atoms with Crippen LogP contribution in [0.4, 0.5) is 0 Å². The Morgan fingerprint density at radius 1 is 1.07 bits per heavy atom. The first-order chi connectivity index (χ1) is 13.7. The molecule has 1 aliphatic heterocycles. The van der Waals surface area contributed by atoms with Gasteiger partial charge in [0.15, 0.2) is 17.5 Å². The van der Waals surface area contributed by atoms with E-state index in [1.54, 1.807) is 21.3 Å². The zero-order valence-corrected chi connectivity index (χ0v) is 20.3. The van der Waals surface area contributed by atoms with Crippen molar-refractivity contribution in [1.82, 2.24) is 15.5 Å². The summed E-state index contributed by atoms with van der Waals surface area (Å²) in [5.74, 6) is 2.76. The minimum Gasteiger partial charge on any atom is -0.493 e. The van der Waals surface area contributed by atoms with Gasteiger partial charge < -0.3 is 24.8 Å². The third kappa shape index (κ3) is 5.81. The number of benzene rings is 1. The van der Waals surface area contributed by atoms with Crippen molar-refractivity contribution in [2.24, 2.45) is 4.99 Å². The van der Waals surface area contributed by atoms with E-state index in [1.165, 1.54) is 32.2 Å². The Balaban J connectivity index is 0.00000300. The van der Waals surface area contributed by atoms with Crippen molar-refractivity contribution in [3.63, 3.8) is 0 Å². The minimum atomic E-state index is 0. The van der Waals surface area contributed by atoms with Crippen LogP contribution in [0.5, 0.6) is 17.2 Å². The molecule has 0 spiro atoms. The van der Waals surface area contributed by atoms with Crippen LogP contribution in [0.1, 0.15) is 37.7 Å². The predicted molar refractivity (Wildman–Crippen MR) is 127 cm³/mol. The van der Waals surface area contributed by atoms with Crippen LogP contribution >= 0.6 is 24.0 Å². The zero-order chi connectivity index (χ0) is 19.9. The average molecular weight is 518 g/mol. The zero-order valence-electron chi connectivity index (χ0n) is 18.0. The summed E-state index contributed by atoms with van der Waals surface area (Å²) in [6, 6.07) is 5.11. The Morgan fingerprint density at radius 3 is 2.41 bits per heavy atom. The Morgan fingerprint density at radius 2 is 1.79 bits per heavy atom. The third-order valence-corrected chi connectivity index (χ3v) is 5.86. The number of ether oxygens (including phenoxy) is 3. The molecule has 2 N–H and O–H groups in total. The Labute approximate surface area is 191 Å². The molecular weight excluding hydrogens is 483 g/mol. The number of methoxy groups -OCH3 is 3. The van der Waals surface area contributed by atoms with Crippen molar-refractivity contribution in [2.75, 3.05) is 41.5 Å². The molecule has 3 rings (SSSR count). The quantitative estimate of drug-likeness (QED) is 0.329. The first-order valence-electron chi connectivity index (χ1n) is 10.2. The van der Waals surface area contributed by atoms with E-state index < -0.39 is 0 Å². The SMILES string of the molecule is CN=C(NCc1ccc(OC)c(OC)c1OC)NC1CCN(C2CCCC2)C1.I. The van der Waals surface area contributed by atoms with Crippen molar-refractivity contribution in [3.05, 3.63) is 17.7 Å². The summed E-state index contributed by atoms with van der Waals surface area (Å²) in [5.41, 5.74) is 0.988. The van der Waals surface area contributed by atoms with Gasteiger partial charge in [0.1, 0.15) is 0 Å². The molecule has 164 valence electrons. The number of rotatable bonds is 7. The van der Waals surface area contributed by atoms with Crippen molar-refractivity contribution in [3.8, 4) is 17.2 Å². The molecule has 1 unspecified atom stereocenters. The van der Waals surface area contributed by atoms with E-state index in [0.717, 1.165) is 30.5 Å². The molecule has 29 heavy (non-hydrogen) atoms. The van der Waals surface area contributed by atoms with Gasteiger partial charge in [0, 0.05) is 44.3 Å². The van der Waals surface area contributed by atoms with E-state index in [9.17, 15) is 0 Å². The lowest BCUT2D eigenvalue weighted by Crippen LogP contribution is -2.45. The molecule has 1 saturated carbocycles. The van der Waals surface area contributed by atoms with E-state index in [-0.39, 0.29) is 24.0 Å². The Bertz CT molecular complexity index is 680. The molecule has 2 aliphatic rings. The molecule has 1 aromatic carbocycles. The van der Waals surface area contributed by atoms with Gasteiger partial charge in [0.25, 0.3) is 0 Å². The van der Waals surface area contributed by atoms with E-state index in [0.29, 0.717) is 29.8 Å². The minimum absolute atomic E-state index is 0. The van der Waals surface area contributed by atoms with Crippen molar-refractivity contribution in [2.45, 2.75) is 50.7 Å². The highest BCUT2D eigenvalue weighted by Crippen LogP contribution is 2.39. The van der Waals surface area contributed by atoms with Crippen molar-refractivity contribution >= 4 is 29.9 Å². The normalized spacial score (nSPS) is 20.3. The average Bonchev–Trinajstić information content (AvgIpc) is 3.41. The van der Waals surface area contributed by atoms with Crippen molar-refractivity contribution in [1.29, 1.82) is 0 Å². The second kappa shape index (κ2) is 11.7. The van der Waals surface area contributed by atoms with E-state index in [1.807, 2.05) is 19.2 Å². The van der Waals surface area contributed by atoms with Gasteiger partial charge in [0.05, 0.1) is 21.3 Å². The lowest BCUT2D eigenvalue weighted by atomic mass is 10.1. The van der Waals surface area contributed by atoms with Crippen LogP contribution in [0, 0.1) is 0 Å². The number of nitrogens with zero attached hydrogens (tertiary/aromatic N) is 2. The largest absolute Gasteiger partial charge is 0.493 e. The summed E-state index contributed by atoms with van der Waals surface area (Å²) < 4.78 is 16.4. The summed E-state index contributed by atoms with van der Waals surface area (Å²) in [5, 5.41) is 6.98. The first kappa shape index (κ1) is 23.9. The number of hydrogen-bond acceptors (Lipinski definition) is 5. The number of likely N-dealkylation sites (tertiary alicyclic amines) is 1. The van der Waals surface area contributed by atoms with Gasteiger partial charge in [-0.05, 0) is 31.4 Å². The van der Waals surface area contributed by atoms with E-state index in [4.69, 9.17) is 14.2 Å². The molecule has 1 aliphatic carbocycles. The summed E-state index contributed by atoms with van der Waals surface area (Å²) in [6.45, 7) is 2.87. The van der Waals surface area contributed by atoms with Gasteiger partial charge in [-0.2, -0.15) is 0 Å². The van der Waals surface area contributed by atoms with Crippen LogP contribution in [0.15, 0.2) is 17.1 Å². The molecule has 1 atom stereocenters. The highest BCUT2D eigenvalue weighted by atomic mass is 127. The highest BCUT2D eigenvalue weighted by molar-refractivity contribution is 14.0. The summed E-state index contributed by atoms with van der Waals surface area (Å²) in [4.78, 5) is 7.05. The third-order valence-electron chi connectivity index (χ3n) is 5.86. The fraction of sp³-hybridized carbons (Fsp3) is 0.667. The summed E-state index contributed by atoms with van der Waals surface area (Å²) >= 11 is 0. The molecule has 8 heteroatoms. The maximum Gasteiger partial charge on any atom is 0.203 e. The monoisotopic (exact) mass is 518 g/mol. The predicted octanol–water partition coefficient (Wildman–Crippen LogP) is 3.01.